The summed E-state index contributed by atoms with van der Waals surface area (Å²) in [5, 5.41) is 9.67. The summed E-state index contributed by atoms with van der Waals surface area (Å²) in [5.74, 6) is 0.308. The predicted octanol–water partition coefficient (Wildman–Crippen LogP) is 1.96. The zero-order valence-electron chi connectivity index (χ0n) is 8.25. The molecule has 0 radical (unpaired) electrons. The van der Waals surface area contributed by atoms with Crippen LogP contribution in [0.15, 0.2) is 12.1 Å². The molecule has 1 aromatic rings. The zero-order chi connectivity index (χ0) is 9.97. The van der Waals surface area contributed by atoms with Gasteiger partial charge in [-0.2, -0.15) is 0 Å². The van der Waals surface area contributed by atoms with Crippen molar-refractivity contribution >= 4 is 0 Å². The molecule has 0 saturated carbocycles. The molecule has 14 heavy (non-hydrogen) atoms. The van der Waals surface area contributed by atoms with E-state index in [2.05, 4.69) is 0 Å². The van der Waals surface area contributed by atoms with Crippen LogP contribution in [0.25, 0.3) is 0 Å². The molecule has 1 aromatic carbocycles. The highest BCUT2D eigenvalue weighted by molar-refractivity contribution is 5.44. The molecule has 1 aliphatic rings. The highest BCUT2D eigenvalue weighted by atomic mass is 16.5. The van der Waals surface area contributed by atoms with Crippen LogP contribution in [0.5, 0.6) is 5.75 Å². The van der Waals surface area contributed by atoms with Crippen molar-refractivity contribution in [3.05, 3.63) is 28.8 Å². The fraction of sp³-hybridized carbons (Fsp3) is 0.455. The summed E-state index contributed by atoms with van der Waals surface area (Å²) in [6, 6.07) is 3.62. The van der Waals surface area contributed by atoms with E-state index < -0.39 is 0 Å². The number of phenolic OH excluding ortho intramolecular Hbond substituents is 1. The van der Waals surface area contributed by atoms with E-state index >= 15 is 0 Å². The van der Waals surface area contributed by atoms with E-state index in [0.717, 1.165) is 16.7 Å². The first-order valence-electron chi connectivity index (χ1n) is 4.81. The number of ether oxygens (including phenoxy) is 2. The van der Waals surface area contributed by atoms with Gasteiger partial charge in [-0.25, -0.2) is 0 Å². The van der Waals surface area contributed by atoms with Crippen LogP contribution in [-0.4, -0.2) is 11.7 Å². The van der Waals surface area contributed by atoms with Gasteiger partial charge in [0, 0.05) is 12.2 Å². The number of rotatable bonds is 3. The van der Waals surface area contributed by atoms with Crippen LogP contribution in [-0.2, 0) is 29.3 Å². The quantitative estimate of drug-likeness (QED) is 0.799. The second-order valence-electron chi connectivity index (χ2n) is 3.33. The lowest BCUT2D eigenvalue weighted by atomic mass is 10.0. The third-order valence-electron chi connectivity index (χ3n) is 2.46. The Hall–Kier alpha value is -1.06. The number of fused-ring (bicyclic) bond motifs is 1. The minimum atomic E-state index is 0.308. The highest BCUT2D eigenvalue weighted by Crippen LogP contribution is 2.30. The van der Waals surface area contributed by atoms with Crippen molar-refractivity contribution in [2.75, 3.05) is 6.61 Å². The molecule has 1 N–H and O–H groups in total. The Morgan fingerprint density at radius 2 is 2.29 bits per heavy atom. The first kappa shape index (κ1) is 9.49. The van der Waals surface area contributed by atoms with E-state index in [0.29, 0.717) is 32.2 Å². The maximum absolute atomic E-state index is 9.67. The van der Waals surface area contributed by atoms with Gasteiger partial charge in [-0.15, -0.1) is 0 Å². The average molecular weight is 194 g/mol. The van der Waals surface area contributed by atoms with Crippen molar-refractivity contribution in [2.45, 2.75) is 26.7 Å². The molecule has 0 aliphatic carbocycles. The van der Waals surface area contributed by atoms with Crippen LogP contribution in [0.1, 0.15) is 23.6 Å². The standard InChI is InChI=1S/C11H14O3/c1-2-13-7-10-9-6-14-5-8(9)3-4-11(10)12/h3-4,12H,2,5-7H2,1H3. The third kappa shape index (κ3) is 1.61. The van der Waals surface area contributed by atoms with E-state index in [-0.39, 0.29) is 0 Å². The molecule has 1 heterocycles. The molecular weight excluding hydrogens is 180 g/mol. The molecule has 0 atom stereocenters. The van der Waals surface area contributed by atoms with Crippen LogP contribution >= 0.6 is 0 Å². The van der Waals surface area contributed by atoms with Gasteiger partial charge in [0.15, 0.2) is 0 Å². The fourth-order valence-corrected chi connectivity index (χ4v) is 1.67. The van der Waals surface area contributed by atoms with Crippen molar-refractivity contribution in [3.8, 4) is 5.75 Å². The summed E-state index contributed by atoms with van der Waals surface area (Å²) in [6.45, 7) is 4.30. The predicted molar refractivity (Wildman–Crippen MR) is 51.9 cm³/mol. The lowest BCUT2D eigenvalue weighted by Crippen LogP contribution is -1.98. The number of phenols is 1. The normalized spacial score (nSPS) is 14.4. The molecule has 0 bridgehead atoms. The van der Waals surface area contributed by atoms with E-state index in [1.54, 1.807) is 6.07 Å². The van der Waals surface area contributed by atoms with Gasteiger partial charge in [-0.1, -0.05) is 6.07 Å². The Morgan fingerprint density at radius 1 is 1.43 bits per heavy atom. The highest BCUT2D eigenvalue weighted by Gasteiger charge is 2.17. The van der Waals surface area contributed by atoms with Gasteiger partial charge in [0.05, 0.1) is 19.8 Å². The number of hydrogen-bond acceptors (Lipinski definition) is 3. The van der Waals surface area contributed by atoms with E-state index in [1.165, 1.54) is 0 Å². The molecular formula is C11H14O3. The number of benzene rings is 1. The van der Waals surface area contributed by atoms with E-state index in [1.807, 2.05) is 13.0 Å². The van der Waals surface area contributed by atoms with Crippen molar-refractivity contribution in [3.63, 3.8) is 0 Å². The largest absolute Gasteiger partial charge is 0.508 e. The van der Waals surface area contributed by atoms with Gasteiger partial charge in [-0.05, 0) is 24.1 Å². The monoisotopic (exact) mass is 194 g/mol. The minimum Gasteiger partial charge on any atom is -0.508 e. The third-order valence-corrected chi connectivity index (χ3v) is 2.46. The zero-order valence-corrected chi connectivity index (χ0v) is 8.25. The molecule has 0 aromatic heterocycles. The maximum Gasteiger partial charge on any atom is 0.121 e. The van der Waals surface area contributed by atoms with Gasteiger partial charge < -0.3 is 14.6 Å². The summed E-state index contributed by atoms with van der Waals surface area (Å²) in [7, 11) is 0. The van der Waals surface area contributed by atoms with Gasteiger partial charge in [-0.3, -0.25) is 0 Å². The molecule has 0 unspecified atom stereocenters. The van der Waals surface area contributed by atoms with Crippen LogP contribution < -0.4 is 0 Å². The number of aromatic hydroxyl groups is 1. The second-order valence-corrected chi connectivity index (χ2v) is 3.33. The molecule has 0 fully saturated rings. The van der Waals surface area contributed by atoms with Crippen molar-refractivity contribution in [1.29, 1.82) is 0 Å². The summed E-state index contributed by atoms with van der Waals surface area (Å²) >= 11 is 0. The SMILES string of the molecule is CCOCc1c(O)ccc2c1COC2. The molecule has 1 aliphatic heterocycles. The van der Waals surface area contributed by atoms with Gasteiger partial charge in [0.2, 0.25) is 0 Å². The van der Waals surface area contributed by atoms with Gasteiger partial charge in [0.25, 0.3) is 0 Å². The molecule has 2 rings (SSSR count). The Bertz CT molecular complexity index is 334. The fourth-order valence-electron chi connectivity index (χ4n) is 1.67. The average Bonchev–Trinajstić information content (AvgIpc) is 2.64. The minimum absolute atomic E-state index is 0.308. The summed E-state index contributed by atoms with van der Waals surface area (Å²) in [5.41, 5.74) is 3.14. The Kier molecular flexibility index (Phi) is 2.70. The molecule has 0 spiro atoms. The topological polar surface area (TPSA) is 38.7 Å². The van der Waals surface area contributed by atoms with Crippen LogP contribution in [0.2, 0.25) is 0 Å². The summed E-state index contributed by atoms with van der Waals surface area (Å²) in [6.07, 6.45) is 0. The van der Waals surface area contributed by atoms with E-state index in [9.17, 15) is 5.11 Å². The lowest BCUT2D eigenvalue weighted by Gasteiger charge is -2.09. The molecule has 0 saturated heterocycles. The maximum atomic E-state index is 9.67. The Labute approximate surface area is 83.3 Å². The van der Waals surface area contributed by atoms with Crippen LogP contribution in [0, 0.1) is 0 Å². The molecule has 3 nitrogen and oxygen atoms in total. The Balaban J connectivity index is 2.31. The first-order valence-corrected chi connectivity index (χ1v) is 4.81. The second kappa shape index (κ2) is 3.98. The summed E-state index contributed by atoms with van der Waals surface area (Å²) in [4.78, 5) is 0. The number of hydrogen-bond donors (Lipinski definition) is 1. The van der Waals surface area contributed by atoms with Crippen molar-refractivity contribution < 1.29 is 14.6 Å². The first-order chi connectivity index (χ1) is 6.83. The van der Waals surface area contributed by atoms with Crippen molar-refractivity contribution in [2.24, 2.45) is 0 Å². The van der Waals surface area contributed by atoms with E-state index in [4.69, 9.17) is 9.47 Å². The van der Waals surface area contributed by atoms with Crippen LogP contribution in [0.3, 0.4) is 0 Å². The van der Waals surface area contributed by atoms with Gasteiger partial charge in [0.1, 0.15) is 5.75 Å². The smallest absolute Gasteiger partial charge is 0.121 e. The summed E-state index contributed by atoms with van der Waals surface area (Å²) < 4.78 is 10.6. The molecule has 76 valence electrons. The lowest BCUT2D eigenvalue weighted by molar-refractivity contribution is 0.122. The van der Waals surface area contributed by atoms with Crippen LogP contribution in [0.4, 0.5) is 0 Å². The molecule has 3 heteroatoms. The molecule has 0 amide bonds. The van der Waals surface area contributed by atoms with Crippen molar-refractivity contribution in [1.82, 2.24) is 0 Å². The Morgan fingerprint density at radius 3 is 3.07 bits per heavy atom. The van der Waals surface area contributed by atoms with Gasteiger partial charge >= 0.3 is 0 Å².